The van der Waals surface area contributed by atoms with Crippen molar-refractivity contribution in [2.45, 2.75) is 19.3 Å². The molecule has 2 rings (SSSR count). The fraction of sp³-hybridized carbons (Fsp3) is 0.294. The molecule has 26 heavy (non-hydrogen) atoms. The summed E-state index contributed by atoms with van der Waals surface area (Å²) < 4.78 is 5.09. The molecule has 0 heterocycles. The first-order chi connectivity index (χ1) is 12.3. The van der Waals surface area contributed by atoms with Gasteiger partial charge in [0, 0.05) is 6.16 Å². The van der Waals surface area contributed by atoms with Gasteiger partial charge < -0.3 is 29.8 Å². The van der Waals surface area contributed by atoms with Crippen LogP contribution < -0.4 is 5.43 Å². The lowest BCUT2D eigenvalue weighted by atomic mass is 10.1. The van der Waals surface area contributed by atoms with Gasteiger partial charge in [-0.1, -0.05) is 6.07 Å². The molecule has 5 N–H and O–H groups in total. The van der Waals surface area contributed by atoms with Crippen LogP contribution in [0, 0.1) is 0 Å². The van der Waals surface area contributed by atoms with Crippen LogP contribution in [0.5, 0.6) is 17.2 Å². The number of hydrogen-bond acceptors (Lipinski definition) is 8. The van der Waals surface area contributed by atoms with E-state index in [1.54, 1.807) is 0 Å². The Hall–Kier alpha value is -2.41. The number of carbonyl (C=O) groups excluding carboxylic acids is 1. The van der Waals surface area contributed by atoms with E-state index in [0.29, 0.717) is 25.4 Å². The molecule has 0 radical (unpaired) electrons. The van der Waals surface area contributed by atoms with Crippen molar-refractivity contribution in [3.8, 4) is 17.2 Å². The molecule has 140 valence electrons. The molecule has 2 aromatic carbocycles. The molecule has 0 aliphatic rings. The van der Waals surface area contributed by atoms with Gasteiger partial charge in [0.15, 0.2) is 25.6 Å². The maximum absolute atomic E-state index is 12.2. The molecule has 9 heteroatoms. The van der Waals surface area contributed by atoms with Gasteiger partial charge in [-0.05, 0) is 42.8 Å². The molecule has 0 fully saturated rings. The van der Waals surface area contributed by atoms with Crippen LogP contribution in [0.3, 0.4) is 0 Å². The molecule has 0 spiro atoms. The minimum Gasteiger partial charge on any atom is -0.504 e. The number of benzene rings is 1. The van der Waals surface area contributed by atoms with E-state index in [1.807, 2.05) is 0 Å². The van der Waals surface area contributed by atoms with Crippen LogP contribution >= 0.6 is 8.38 Å². The third-order valence-electron chi connectivity index (χ3n) is 3.72. The minimum absolute atomic E-state index is 0.0751. The second kappa shape index (κ2) is 8.80. The third-order valence-corrected chi connectivity index (χ3v) is 4.44. The van der Waals surface area contributed by atoms with E-state index >= 15 is 0 Å². The second-order valence-corrected chi connectivity index (χ2v) is 6.84. The van der Waals surface area contributed by atoms with E-state index in [9.17, 15) is 24.9 Å². The summed E-state index contributed by atoms with van der Waals surface area (Å²) in [6, 6.07) is 4.74. The monoisotopic (exact) mass is 382 g/mol. The molecule has 0 aliphatic heterocycles. The number of phenolic OH excluding ortho intramolecular Hbond substituents is 2. The summed E-state index contributed by atoms with van der Waals surface area (Å²) in [5.41, 5.74) is -0.995. The van der Waals surface area contributed by atoms with E-state index in [4.69, 9.17) is 14.5 Å². The number of hydrogen-bond donors (Lipinski definition) is 5. The Morgan fingerprint density at radius 3 is 2.42 bits per heavy atom. The molecule has 0 aromatic heterocycles. The van der Waals surface area contributed by atoms with Crippen LogP contribution in [0.25, 0.3) is 10.8 Å². The Bertz CT molecular complexity index is 865. The largest absolute Gasteiger partial charge is 0.504 e. The van der Waals surface area contributed by atoms with Crippen LogP contribution in [-0.2, 0) is 4.74 Å². The van der Waals surface area contributed by atoms with Gasteiger partial charge in [-0.2, -0.15) is 0 Å². The molecule has 0 bridgehead atoms. The van der Waals surface area contributed by atoms with Crippen molar-refractivity contribution in [3.05, 3.63) is 40.1 Å². The van der Waals surface area contributed by atoms with Crippen molar-refractivity contribution in [2.75, 3.05) is 12.8 Å². The molecule has 0 atom stereocenters. The van der Waals surface area contributed by atoms with Crippen molar-refractivity contribution >= 4 is 25.1 Å². The topological polar surface area (TPSA) is 145 Å². The first kappa shape index (κ1) is 19.9. The average molecular weight is 382 g/mol. The van der Waals surface area contributed by atoms with Crippen LogP contribution in [0.1, 0.15) is 29.6 Å². The number of aromatic hydroxyl groups is 3. The van der Waals surface area contributed by atoms with Crippen LogP contribution in [0.2, 0.25) is 0 Å². The summed E-state index contributed by atoms with van der Waals surface area (Å²) in [6.45, 7) is 0.0984. The highest BCUT2D eigenvalue weighted by Crippen LogP contribution is 2.32. The maximum atomic E-state index is 12.2. The molecule has 8 nitrogen and oxygen atoms in total. The fourth-order valence-electron chi connectivity index (χ4n) is 2.40. The molecular formula is C17H19O8P. The summed E-state index contributed by atoms with van der Waals surface area (Å²) >= 11 is 0. The van der Waals surface area contributed by atoms with Gasteiger partial charge >= 0.3 is 5.97 Å². The van der Waals surface area contributed by atoms with Crippen molar-refractivity contribution < 1.29 is 34.6 Å². The number of ether oxygens (including phenoxy) is 1. The van der Waals surface area contributed by atoms with Crippen molar-refractivity contribution in [3.63, 3.8) is 0 Å². The SMILES string of the molecule is O=C(OCCCCCP(O)O)c1cc(O)c(=O)c2c(O)c(O)ccc2c1. The molecule has 0 amide bonds. The first-order valence-electron chi connectivity index (χ1n) is 7.85. The summed E-state index contributed by atoms with van der Waals surface area (Å²) in [7, 11) is -1.91. The minimum atomic E-state index is -1.91. The number of fused-ring (bicyclic) bond motifs is 1. The number of phenols is 2. The van der Waals surface area contributed by atoms with E-state index in [-0.39, 0.29) is 22.9 Å². The zero-order valence-corrected chi connectivity index (χ0v) is 14.6. The van der Waals surface area contributed by atoms with E-state index in [0.717, 1.165) is 6.07 Å². The summed E-state index contributed by atoms with van der Waals surface area (Å²) in [4.78, 5) is 41.9. The van der Waals surface area contributed by atoms with E-state index in [2.05, 4.69) is 0 Å². The molecule has 0 unspecified atom stereocenters. The highest BCUT2D eigenvalue weighted by Gasteiger charge is 2.15. The van der Waals surface area contributed by atoms with Gasteiger partial charge in [0.1, 0.15) is 0 Å². The number of esters is 1. The van der Waals surface area contributed by atoms with Crippen LogP contribution in [0.15, 0.2) is 29.1 Å². The van der Waals surface area contributed by atoms with Gasteiger partial charge in [0.25, 0.3) is 0 Å². The highest BCUT2D eigenvalue weighted by atomic mass is 31.2. The Balaban J connectivity index is 2.17. The Morgan fingerprint density at radius 1 is 1.00 bits per heavy atom. The van der Waals surface area contributed by atoms with Crippen molar-refractivity contribution in [2.24, 2.45) is 0 Å². The van der Waals surface area contributed by atoms with Crippen LogP contribution in [-0.4, -0.2) is 43.8 Å². The predicted octanol–water partition coefficient (Wildman–Crippen LogP) is 1.94. The second-order valence-electron chi connectivity index (χ2n) is 5.65. The van der Waals surface area contributed by atoms with Gasteiger partial charge in [-0.3, -0.25) is 4.79 Å². The van der Waals surface area contributed by atoms with Gasteiger partial charge in [-0.25, -0.2) is 4.79 Å². The molecule has 2 aromatic rings. The van der Waals surface area contributed by atoms with E-state index in [1.165, 1.54) is 18.2 Å². The Kier molecular flexibility index (Phi) is 6.74. The smallest absolute Gasteiger partial charge is 0.338 e. The van der Waals surface area contributed by atoms with Crippen LogP contribution in [0.4, 0.5) is 0 Å². The summed E-state index contributed by atoms with van der Waals surface area (Å²) in [5.74, 6) is -2.70. The normalized spacial score (nSPS) is 11.0. The van der Waals surface area contributed by atoms with Gasteiger partial charge in [-0.15, -0.1) is 0 Å². The van der Waals surface area contributed by atoms with E-state index < -0.39 is 37.0 Å². The standard InChI is InChI=1S/C17H19O8P/c18-12-5-4-10-8-11(9-13(19)16(21)14(10)15(12)20)17(22)25-6-2-1-3-7-26(23)24/h4-5,8-9,18,20,23-24H,1-3,6-7H2,(H,19,21). The Labute approximate surface area is 149 Å². The zero-order valence-electron chi connectivity index (χ0n) is 13.8. The zero-order chi connectivity index (χ0) is 19.3. The molecule has 0 aliphatic carbocycles. The predicted molar refractivity (Wildman–Crippen MR) is 95.6 cm³/mol. The number of carbonyl (C=O) groups is 1. The average Bonchev–Trinajstić information content (AvgIpc) is 2.71. The van der Waals surface area contributed by atoms with Crippen molar-refractivity contribution in [1.82, 2.24) is 0 Å². The van der Waals surface area contributed by atoms with Crippen molar-refractivity contribution in [1.29, 1.82) is 0 Å². The lowest BCUT2D eigenvalue weighted by Gasteiger charge is -2.05. The first-order valence-corrected chi connectivity index (χ1v) is 9.29. The Morgan fingerprint density at radius 2 is 1.73 bits per heavy atom. The lowest BCUT2D eigenvalue weighted by molar-refractivity contribution is 0.0498. The molecule has 0 saturated heterocycles. The maximum Gasteiger partial charge on any atom is 0.338 e. The third kappa shape index (κ3) is 4.82. The number of unbranched alkanes of at least 4 members (excludes halogenated alkanes) is 2. The highest BCUT2D eigenvalue weighted by molar-refractivity contribution is 7.45. The summed E-state index contributed by atoms with van der Waals surface area (Å²) in [5, 5.41) is 29.1. The quantitative estimate of drug-likeness (QED) is 0.211. The van der Waals surface area contributed by atoms with Gasteiger partial charge in [0.05, 0.1) is 17.6 Å². The number of rotatable bonds is 7. The summed E-state index contributed by atoms with van der Waals surface area (Å²) in [6.07, 6.45) is 2.09. The van der Waals surface area contributed by atoms with Gasteiger partial charge in [0.2, 0.25) is 5.43 Å². The lowest BCUT2D eigenvalue weighted by Crippen LogP contribution is -2.06. The fourth-order valence-corrected chi connectivity index (χ4v) is 2.91. The molecular weight excluding hydrogens is 363 g/mol. The molecule has 0 saturated carbocycles.